The van der Waals surface area contributed by atoms with E-state index in [0.717, 1.165) is 11.3 Å². The minimum Gasteiger partial charge on any atom is -0.494 e. The standard InChI is InChI=1S/C18H19FN2O3/c1-2-24-16-9-5-14(6-10-16)12-18(23)21-20-17(22)11-13-3-7-15(19)8-4-13/h3-10H,2,11-12H2,1H3,(H,20,22)(H,21,23). The van der Waals surface area contributed by atoms with Crippen molar-refractivity contribution in [2.24, 2.45) is 0 Å². The van der Waals surface area contributed by atoms with Crippen LogP contribution in [0.25, 0.3) is 0 Å². The first-order chi connectivity index (χ1) is 11.6. The van der Waals surface area contributed by atoms with Gasteiger partial charge < -0.3 is 4.74 Å². The first kappa shape index (κ1) is 17.5. The Bertz CT molecular complexity index is 684. The molecule has 0 atom stereocenters. The van der Waals surface area contributed by atoms with Crippen LogP contribution in [0.1, 0.15) is 18.1 Å². The second kappa shape index (κ2) is 8.67. The third-order valence-corrected chi connectivity index (χ3v) is 3.22. The number of carbonyl (C=O) groups is 2. The molecule has 0 saturated heterocycles. The lowest BCUT2D eigenvalue weighted by atomic mass is 10.1. The van der Waals surface area contributed by atoms with Crippen LogP contribution in [0.2, 0.25) is 0 Å². The molecule has 24 heavy (non-hydrogen) atoms. The van der Waals surface area contributed by atoms with E-state index in [4.69, 9.17) is 4.74 Å². The third-order valence-electron chi connectivity index (χ3n) is 3.22. The number of hydrogen-bond acceptors (Lipinski definition) is 3. The highest BCUT2D eigenvalue weighted by atomic mass is 19.1. The number of carbonyl (C=O) groups excluding carboxylic acids is 2. The Morgan fingerprint density at radius 1 is 0.875 bits per heavy atom. The number of nitrogens with one attached hydrogen (secondary N) is 2. The zero-order valence-electron chi connectivity index (χ0n) is 13.3. The fourth-order valence-corrected chi connectivity index (χ4v) is 2.07. The summed E-state index contributed by atoms with van der Waals surface area (Å²) in [5, 5.41) is 0. The van der Waals surface area contributed by atoms with Crippen LogP contribution in [0.15, 0.2) is 48.5 Å². The molecule has 2 aromatic carbocycles. The number of ether oxygens (including phenoxy) is 1. The van der Waals surface area contributed by atoms with E-state index in [2.05, 4.69) is 10.9 Å². The molecule has 6 heteroatoms. The number of benzene rings is 2. The Morgan fingerprint density at radius 3 is 1.79 bits per heavy atom. The van der Waals surface area contributed by atoms with Crippen molar-refractivity contribution in [1.82, 2.24) is 10.9 Å². The first-order valence-corrected chi connectivity index (χ1v) is 7.60. The molecule has 0 aliphatic heterocycles. The summed E-state index contributed by atoms with van der Waals surface area (Å²) >= 11 is 0. The number of halogens is 1. The summed E-state index contributed by atoms with van der Waals surface area (Å²) in [6.07, 6.45) is 0.201. The van der Waals surface area contributed by atoms with E-state index >= 15 is 0 Å². The van der Waals surface area contributed by atoms with Crippen molar-refractivity contribution < 1.29 is 18.7 Å². The van der Waals surface area contributed by atoms with Gasteiger partial charge in [0.1, 0.15) is 11.6 Å². The van der Waals surface area contributed by atoms with Crippen LogP contribution in [0.3, 0.4) is 0 Å². The molecule has 0 saturated carbocycles. The van der Waals surface area contributed by atoms with Crippen LogP contribution in [0.5, 0.6) is 5.75 Å². The Labute approximate surface area is 139 Å². The summed E-state index contributed by atoms with van der Waals surface area (Å²) in [5.41, 5.74) is 6.17. The molecule has 0 bridgehead atoms. The smallest absolute Gasteiger partial charge is 0.242 e. The zero-order valence-corrected chi connectivity index (χ0v) is 13.3. The minimum absolute atomic E-state index is 0.0591. The molecule has 2 N–H and O–H groups in total. The second-order valence-corrected chi connectivity index (χ2v) is 5.15. The van der Waals surface area contributed by atoms with Gasteiger partial charge in [0.15, 0.2) is 0 Å². The van der Waals surface area contributed by atoms with Crippen molar-refractivity contribution in [2.45, 2.75) is 19.8 Å². The normalized spacial score (nSPS) is 10.1. The average molecular weight is 330 g/mol. The molecular formula is C18H19FN2O3. The van der Waals surface area contributed by atoms with Crippen molar-refractivity contribution in [3.8, 4) is 5.75 Å². The number of hydrogen-bond donors (Lipinski definition) is 2. The number of hydrazine groups is 1. The molecule has 0 spiro atoms. The molecule has 2 amide bonds. The van der Waals surface area contributed by atoms with Crippen molar-refractivity contribution in [3.63, 3.8) is 0 Å². The maximum atomic E-state index is 12.8. The highest BCUT2D eigenvalue weighted by Crippen LogP contribution is 2.12. The first-order valence-electron chi connectivity index (χ1n) is 7.60. The highest BCUT2D eigenvalue weighted by Gasteiger charge is 2.07. The van der Waals surface area contributed by atoms with Crippen LogP contribution in [-0.2, 0) is 22.4 Å². The lowest BCUT2D eigenvalue weighted by Crippen LogP contribution is -2.43. The Balaban J connectivity index is 1.75. The molecule has 2 rings (SSSR count). The van der Waals surface area contributed by atoms with E-state index in [0.29, 0.717) is 12.2 Å². The summed E-state index contributed by atoms with van der Waals surface area (Å²) in [7, 11) is 0. The van der Waals surface area contributed by atoms with Crippen LogP contribution in [0.4, 0.5) is 4.39 Å². The van der Waals surface area contributed by atoms with Gasteiger partial charge in [-0.05, 0) is 42.3 Å². The molecule has 0 aliphatic carbocycles. The molecule has 5 nitrogen and oxygen atoms in total. The molecule has 0 heterocycles. The second-order valence-electron chi connectivity index (χ2n) is 5.15. The largest absolute Gasteiger partial charge is 0.494 e. The summed E-state index contributed by atoms with van der Waals surface area (Å²) in [6.45, 7) is 2.48. The third kappa shape index (κ3) is 5.72. The summed E-state index contributed by atoms with van der Waals surface area (Å²) < 4.78 is 18.1. The predicted octanol–water partition coefficient (Wildman–Crippen LogP) is 2.16. The van der Waals surface area contributed by atoms with Crippen molar-refractivity contribution >= 4 is 11.8 Å². The summed E-state index contributed by atoms with van der Waals surface area (Å²) in [4.78, 5) is 23.6. The van der Waals surface area contributed by atoms with E-state index in [-0.39, 0.29) is 30.5 Å². The van der Waals surface area contributed by atoms with Crippen LogP contribution in [-0.4, -0.2) is 18.4 Å². The fourth-order valence-electron chi connectivity index (χ4n) is 2.07. The van der Waals surface area contributed by atoms with E-state index in [1.807, 2.05) is 6.92 Å². The van der Waals surface area contributed by atoms with Crippen molar-refractivity contribution in [3.05, 3.63) is 65.5 Å². The monoisotopic (exact) mass is 330 g/mol. The molecule has 0 radical (unpaired) electrons. The van der Waals surface area contributed by atoms with Crippen LogP contribution >= 0.6 is 0 Å². The van der Waals surface area contributed by atoms with Gasteiger partial charge in [0.25, 0.3) is 0 Å². The molecule has 0 aromatic heterocycles. The summed E-state index contributed by atoms with van der Waals surface area (Å²) in [6, 6.07) is 12.8. The van der Waals surface area contributed by atoms with Crippen LogP contribution < -0.4 is 15.6 Å². The van der Waals surface area contributed by atoms with Gasteiger partial charge in [-0.1, -0.05) is 24.3 Å². The van der Waals surface area contributed by atoms with Gasteiger partial charge in [-0.2, -0.15) is 0 Å². The lowest BCUT2D eigenvalue weighted by Gasteiger charge is -2.08. The van der Waals surface area contributed by atoms with Crippen LogP contribution in [0, 0.1) is 5.82 Å². The Hall–Kier alpha value is -2.89. The van der Waals surface area contributed by atoms with Gasteiger partial charge in [-0.25, -0.2) is 4.39 Å². The molecule has 2 aromatic rings. The van der Waals surface area contributed by atoms with Gasteiger partial charge in [-0.15, -0.1) is 0 Å². The van der Waals surface area contributed by atoms with Gasteiger partial charge >= 0.3 is 0 Å². The average Bonchev–Trinajstić information content (AvgIpc) is 2.57. The lowest BCUT2D eigenvalue weighted by molar-refractivity contribution is -0.128. The van der Waals surface area contributed by atoms with Crippen molar-refractivity contribution in [2.75, 3.05) is 6.61 Å². The van der Waals surface area contributed by atoms with Gasteiger partial charge in [0.2, 0.25) is 11.8 Å². The topological polar surface area (TPSA) is 67.4 Å². The van der Waals surface area contributed by atoms with E-state index in [9.17, 15) is 14.0 Å². The Morgan fingerprint density at radius 2 is 1.33 bits per heavy atom. The maximum absolute atomic E-state index is 12.8. The number of amides is 2. The summed E-state index contributed by atoms with van der Waals surface area (Å²) in [5.74, 6) is -0.314. The van der Waals surface area contributed by atoms with E-state index in [1.54, 1.807) is 24.3 Å². The minimum atomic E-state index is -0.373. The molecular weight excluding hydrogens is 311 g/mol. The van der Waals surface area contributed by atoms with Gasteiger partial charge in [0, 0.05) is 0 Å². The number of rotatable bonds is 6. The van der Waals surface area contributed by atoms with E-state index < -0.39 is 0 Å². The SMILES string of the molecule is CCOc1ccc(CC(=O)NNC(=O)Cc2ccc(F)cc2)cc1. The highest BCUT2D eigenvalue weighted by molar-refractivity contribution is 5.84. The Kier molecular flexibility index (Phi) is 6.31. The predicted molar refractivity (Wildman–Crippen MR) is 87.7 cm³/mol. The van der Waals surface area contributed by atoms with Gasteiger partial charge in [0.05, 0.1) is 19.4 Å². The maximum Gasteiger partial charge on any atom is 0.242 e. The molecule has 0 aliphatic rings. The van der Waals surface area contributed by atoms with Crippen molar-refractivity contribution in [1.29, 1.82) is 0 Å². The fraction of sp³-hybridized carbons (Fsp3) is 0.222. The zero-order chi connectivity index (χ0) is 17.4. The van der Waals surface area contributed by atoms with Gasteiger partial charge in [-0.3, -0.25) is 20.4 Å². The molecule has 126 valence electrons. The molecule has 0 unspecified atom stereocenters. The quantitative estimate of drug-likeness (QED) is 0.798. The molecule has 0 fully saturated rings. The van der Waals surface area contributed by atoms with E-state index in [1.165, 1.54) is 24.3 Å².